The summed E-state index contributed by atoms with van der Waals surface area (Å²) in [6, 6.07) is 7.03. The minimum Gasteiger partial charge on any atom is -0.388 e. The zero-order chi connectivity index (χ0) is 15.5. The molecule has 1 aromatic heterocycles. The third kappa shape index (κ3) is 3.52. The van der Waals surface area contributed by atoms with Crippen LogP contribution in [-0.4, -0.2) is 28.1 Å². The monoisotopic (exact) mass is 306 g/mol. The molecule has 4 nitrogen and oxygen atoms in total. The summed E-state index contributed by atoms with van der Waals surface area (Å²) in [5, 5.41) is 14.3. The predicted octanol–water partition coefficient (Wildman–Crippen LogP) is 3.17. The molecule has 0 fully saturated rings. The fourth-order valence-electron chi connectivity index (χ4n) is 2.17. The number of nitrogens with zero attached hydrogens (tertiary/aromatic N) is 1. The van der Waals surface area contributed by atoms with Crippen LogP contribution in [-0.2, 0) is 0 Å². The highest BCUT2D eigenvalue weighted by Gasteiger charge is 2.23. The number of rotatable bonds is 5. The standard InChI is InChI=1S/C16H19ClN2O2/c1-3-16(21,4-2)10-19-15(20)13-9-12(17)8-11-6-5-7-18-14(11)13/h5-9,21H,3-4,10H2,1-2H3,(H,19,20). The van der Waals surface area contributed by atoms with Crippen LogP contribution in [0.5, 0.6) is 0 Å². The van der Waals surface area contributed by atoms with Gasteiger partial charge < -0.3 is 10.4 Å². The van der Waals surface area contributed by atoms with Gasteiger partial charge in [0.15, 0.2) is 0 Å². The second kappa shape index (κ2) is 6.41. The molecule has 0 aliphatic carbocycles. The number of fused-ring (bicyclic) bond motifs is 1. The molecule has 0 spiro atoms. The van der Waals surface area contributed by atoms with Gasteiger partial charge in [0.05, 0.1) is 16.7 Å². The zero-order valence-corrected chi connectivity index (χ0v) is 12.9. The van der Waals surface area contributed by atoms with E-state index >= 15 is 0 Å². The highest BCUT2D eigenvalue weighted by atomic mass is 35.5. The van der Waals surface area contributed by atoms with Crippen molar-refractivity contribution in [3.05, 3.63) is 41.0 Å². The Hall–Kier alpha value is -1.65. The number of halogens is 1. The molecular weight excluding hydrogens is 288 g/mol. The van der Waals surface area contributed by atoms with Crippen LogP contribution in [0, 0.1) is 0 Å². The Morgan fingerprint density at radius 1 is 1.38 bits per heavy atom. The lowest BCUT2D eigenvalue weighted by atomic mass is 9.97. The first kappa shape index (κ1) is 15.7. The van der Waals surface area contributed by atoms with Gasteiger partial charge in [0, 0.05) is 23.2 Å². The number of benzene rings is 1. The molecule has 5 heteroatoms. The van der Waals surface area contributed by atoms with E-state index in [-0.39, 0.29) is 12.5 Å². The zero-order valence-electron chi connectivity index (χ0n) is 12.2. The quantitative estimate of drug-likeness (QED) is 0.892. The van der Waals surface area contributed by atoms with Crippen molar-refractivity contribution in [2.75, 3.05) is 6.54 Å². The second-order valence-corrected chi connectivity index (χ2v) is 5.58. The molecule has 0 radical (unpaired) electrons. The maximum Gasteiger partial charge on any atom is 0.253 e. The number of hydrogen-bond donors (Lipinski definition) is 2. The Bertz CT molecular complexity index is 654. The van der Waals surface area contributed by atoms with E-state index in [0.717, 1.165) is 5.39 Å². The molecule has 1 heterocycles. The number of carbonyl (C=O) groups is 1. The molecule has 2 rings (SSSR count). The lowest BCUT2D eigenvalue weighted by Gasteiger charge is -2.25. The molecule has 2 aromatic rings. The van der Waals surface area contributed by atoms with Crippen LogP contribution in [0.25, 0.3) is 10.9 Å². The average molecular weight is 307 g/mol. The summed E-state index contributed by atoms with van der Waals surface area (Å²) in [6.07, 6.45) is 2.80. The Kier molecular flexibility index (Phi) is 4.80. The summed E-state index contributed by atoms with van der Waals surface area (Å²) in [6.45, 7) is 4.00. The van der Waals surface area contributed by atoms with Crippen LogP contribution < -0.4 is 5.32 Å². The van der Waals surface area contributed by atoms with E-state index in [1.54, 1.807) is 24.4 Å². The molecule has 0 saturated heterocycles. The minimum absolute atomic E-state index is 0.208. The van der Waals surface area contributed by atoms with Crippen LogP contribution in [0.4, 0.5) is 0 Å². The molecule has 0 aliphatic rings. The molecule has 2 N–H and O–H groups in total. The molecule has 0 saturated carbocycles. The summed E-state index contributed by atoms with van der Waals surface area (Å²) < 4.78 is 0. The summed E-state index contributed by atoms with van der Waals surface area (Å²) in [5.41, 5.74) is 0.154. The summed E-state index contributed by atoms with van der Waals surface area (Å²) in [7, 11) is 0. The number of aliphatic hydroxyl groups is 1. The topological polar surface area (TPSA) is 62.2 Å². The van der Waals surface area contributed by atoms with Gasteiger partial charge in [-0.05, 0) is 31.0 Å². The Labute approximate surface area is 129 Å². The van der Waals surface area contributed by atoms with Crippen molar-refractivity contribution in [3.63, 3.8) is 0 Å². The second-order valence-electron chi connectivity index (χ2n) is 5.14. The summed E-state index contributed by atoms with van der Waals surface area (Å²) >= 11 is 6.06. The molecule has 0 unspecified atom stereocenters. The van der Waals surface area contributed by atoms with Crippen molar-refractivity contribution >= 4 is 28.4 Å². The number of nitrogens with one attached hydrogen (secondary N) is 1. The largest absolute Gasteiger partial charge is 0.388 e. The number of hydrogen-bond acceptors (Lipinski definition) is 3. The fourth-order valence-corrected chi connectivity index (χ4v) is 2.40. The Morgan fingerprint density at radius 3 is 2.76 bits per heavy atom. The average Bonchev–Trinajstić information content (AvgIpc) is 2.51. The third-order valence-electron chi connectivity index (χ3n) is 3.81. The van der Waals surface area contributed by atoms with Gasteiger partial charge in [-0.15, -0.1) is 0 Å². The first-order valence-electron chi connectivity index (χ1n) is 7.04. The van der Waals surface area contributed by atoms with Crippen LogP contribution in [0.1, 0.15) is 37.0 Å². The number of aromatic nitrogens is 1. The van der Waals surface area contributed by atoms with Crippen molar-refractivity contribution in [1.29, 1.82) is 0 Å². The maximum atomic E-state index is 12.4. The maximum absolute atomic E-state index is 12.4. The van der Waals surface area contributed by atoms with Crippen LogP contribution in [0.15, 0.2) is 30.5 Å². The minimum atomic E-state index is -0.878. The van der Waals surface area contributed by atoms with Crippen molar-refractivity contribution in [2.45, 2.75) is 32.3 Å². The van der Waals surface area contributed by atoms with Gasteiger partial charge >= 0.3 is 0 Å². The van der Waals surface area contributed by atoms with Crippen molar-refractivity contribution in [2.24, 2.45) is 0 Å². The van der Waals surface area contributed by atoms with Crippen LogP contribution in [0.3, 0.4) is 0 Å². The SMILES string of the molecule is CCC(O)(CC)CNC(=O)c1cc(Cl)cc2cccnc12. The van der Waals surface area contributed by atoms with Gasteiger partial charge in [0.25, 0.3) is 5.91 Å². The first-order valence-corrected chi connectivity index (χ1v) is 7.41. The summed E-state index contributed by atoms with van der Waals surface area (Å²) in [4.78, 5) is 16.6. The third-order valence-corrected chi connectivity index (χ3v) is 4.03. The molecule has 21 heavy (non-hydrogen) atoms. The molecular formula is C16H19ClN2O2. The van der Waals surface area contributed by atoms with Gasteiger partial charge in [-0.2, -0.15) is 0 Å². The van der Waals surface area contributed by atoms with E-state index in [0.29, 0.717) is 28.9 Å². The van der Waals surface area contributed by atoms with E-state index in [2.05, 4.69) is 10.3 Å². The van der Waals surface area contributed by atoms with E-state index in [1.807, 2.05) is 19.9 Å². The Morgan fingerprint density at radius 2 is 2.10 bits per heavy atom. The van der Waals surface area contributed by atoms with E-state index < -0.39 is 5.60 Å². The lowest BCUT2D eigenvalue weighted by Crippen LogP contribution is -2.42. The molecule has 112 valence electrons. The van der Waals surface area contributed by atoms with E-state index in [4.69, 9.17) is 11.6 Å². The number of amides is 1. The van der Waals surface area contributed by atoms with Gasteiger partial charge in [0.1, 0.15) is 0 Å². The van der Waals surface area contributed by atoms with Crippen LogP contribution in [0.2, 0.25) is 5.02 Å². The number of pyridine rings is 1. The smallest absolute Gasteiger partial charge is 0.253 e. The Balaban J connectivity index is 2.27. The molecule has 1 amide bonds. The molecule has 1 aromatic carbocycles. The van der Waals surface area contributed by atoms with Gasteiger partial charge in [0.2, 0.25) is 0 Å². The van der Waals surface area contributed by atoms with Crippen LogP contribution >= 0.6 is 11.6 Å². The molecule has 0 atom stereocenters. The number of carbonyl (C=O) groups excluding carboxylic acids is 1. The van der Waals surface area contributed by atoms with E-state index in [1.165, 1.54) is 0 Å². The fraction of sp³-hybridized carbons (Fsp3) is 0.375. The molecule has 0 bridgehead atoms. The van der Waals surface area contributed by atoms with Crippen molar-refractivity contribution < 1.29 is 9.90 Å². The summed E-state index contributed by atoms with van der Waals surface area (Å²) in [5.74, 6) is -0.276. The van der Waals surface area contributed by atoms with Crippen molar-refractivity contribution in [3.8, 4) is 0 Å². The predicted molar refractivity (Wildman–Crippen MR) is 84.6 cm³/mol. The van der Waals surface area contributed by atoms with E-state index in [9.17, 15) is 9.90 Å². The van der Waals surface area contributed by atoms with Gasteiger partial charge in [-0.1, -0.05) is 31.5 Å². The van der Waals surface area contributed by atoms with Crippen molar-refractivity contribution in [1.82, 2.24) is 10.3 Å². The lowest BCUT2D eigenvalue weighted by molar-refractivity contribution is 0.0314. The van der Waals surface area contributed by atoms with Gasteiger partial charge in [-0.25, -0.2) is 0 Å². The molecule has 0 aliphatic heterocycles. The highest BCUT2D eigenvalue weighted by Crippen LogP contribution is 2.22. The first-order chi connectivity index (χ1) is 9.99. The van der Waals surface area contributed by atoms with Gasteiger partial charge in [-0.3, -0.25) is 9.78 Å². The normalized spacial score (nSPS) is 11.6. The highest BCUT2D eigenvalue weighted by molar-refractivity contribution is 6.32.